The van der Waals surface area contributed by atoms with E-state index in [0.717, 1.165) is 31.2 Å². The highest BCUT2D eigenvalue weighted by Crippen LogP contribution is 2.35. The van der Waals surface area contributed by atoms with E-state index in [9.17, 15) is 0 Å². The van der Waals surface area contributed by atoms with Crippen LogP contribution in [-0.4, -0.2) is 6.79 Å². The van der Waals surface area contributed by atoms with Gasteiger partial charge in [0.25, 0.3) is 0 Å². The van der Waals surface area contributed by atoms with Crippen molar-refractivity contribution in [1.29, 1.82) is 0 Å². The summed E-state index contributed by atoms with van der Waals surface area (Å²) < 4.78 is 13.5. The van der Waals surface area contributed by atoms with Gasteiger partial charge in [-0.1, -0.05) is 60.7 Å². The number of fused-ring (bicyclic) bond motifs is 2. The standard InChI is InChI=1S/C21H14Br2O2/c22-20-16-7-3-1-5-14(16)9-11-18(20)24-13-25-19-12-10-15-6-2-4-8-17(15)21(19)23/h1-12H,13H2. The number of halogens is 2. The molecule has 0 N–H and O–H groups in total. The molecule has 0 atom stereocenters. The molecule has 0 amide bonds. The first-order valence-electron chi connectivity index (χ1n) is 7.84. The SMILES string of the molecule is Brc1c(OCOc2ccc3ccccc3c2Br)ccc2ccccc12. The monoisotopic (exact) mass is 456 g/mol. The van der Waals surface area contributed by atoms with Gasteiger partial charge in [-0.3, -0.25) is 0 Å². The maximum absolute atomic E-state index is 5.83. The Morgan fingerprint density at radius 2 is 1.00 bits per heavy atom. The lowest BCUT2D eigenvalue weighted by Crippen LogP contribution is -2.06. The van der Waals surface area contributed by atoms with E-state index < -0.39 is 0 Å². The summed E-state index contributed by atoms with van der Waals surface area (Å²) in [6.07, 6.45) is 0. The normalized spacial score (nSPS) is 11.0. The van der Waals surface area contributed by atoms with Gasteiger partial charge >= 0.3 is 0 Å². The molecule has 2 nitrogen and oxygen atoms in total. The second-order valence-electron chi connectivity index (χ2n) is 5.60. The molecule has 25 heavy (non-hydrogen) atoms. The summed E-state index contributed by atoms with van der Waals surface area (Å²) in [6.45, 7) is 0.133. The van der Waals surface area contributed by atoms with Gasteiger partial charge in [-0.15, -0.1) is 0 Å². The molecule has 0 aliphatic carbocycles. The predicted molar refractivity (Wildman–Crippen MR) is 109 cm³/mol. The first kappa shape index (κ1) is 16.4. The van der Waals surface area contributed by atoms with E-state index in [1.807, 2.05) is 48.5 Å². The molecule has 124 valence electrons. The molecule has 4 rings (SSSR count). The van der Waals surface area contributed by atoms with Gasteiger partial charge in [-0.25, -0.2) is 0 Å². The van der Waals surface area contributed by atoms with Gasteiger partial charge in [-0.05, 0) is 65.5 Å². The van der Waals surface area contributed by atoms with Crippen LogP contribution in [0.15, 0.2) is 81.7 Å². The maximum Gasteiger partial charge on any atom is 0.231 e. The molecule has 0 aromatic heterocycles. The number of hydrogen-bond acceptors (Lipinski definition) is 2. The first-order valence-corrected chi connectivity index (χ1v) is 9.43. The van der Waals surface area contributed by atoms with Crippen molar-refractivity contribution in [3.05, 3.63) is 81.7 Å². The lowest BCUT2D eigenvalue weighted by Gasteiger charge is -2.13. The molecule has 0 saturated heterocycles. The quantitative estimate of drug-likeness (QED) is 0.309. The molecule has 4 aromatic rings. The van der Waals surface area contributed by atoms with Crippen LogP contribution in [0.1, 0.15) is 0 Å². The second-order valence-corrected chi connectivity index (χ2v) is 7.19. The minimum atomic E-state index is 0.133. The molecule has 0 radical (unpaired) electrons. The Balaban J connectivity index is 1.53. The highest BCUT2D eigenvalue weighted by atomic mass is 79.9. The van der Waals surface area contributed by atoms with Crippen molar-refractivity contribution < 1.29 is 9.47 Å². The minimum Gasteiger partial charge on any atom is -0.456 e. The van der Waals surface area contributed by atoms with Crippen LogP contribution in [0, 0.1) is 0 Å². The third-order valence-electron chi connectivity index (χ3n) is 4.08. The van der Waals surface area contributed by atoms with Crippen LogP contribution in [0.5, 0.6) is 11.5 Å². The second kappa shape index (κ2) is 7.06. The Hall–Kier alpha value is -2.04. The Morgan fingerprint density at radius 3 is 1.48 bits per heavy atom. The van der Waals surface area contributed by atoms with Gasteiger partial charge < -0.3 is 9.47 Å². The zero-order chi connectivity index (χ0) is 17.2. The average Bonchev–Trinajstić information content (AvgIpc) is 2.66. The Bertz CT molecular complexity index is 975. The van der Waals surface area contributed by atoms with Crippen molar-refractivity contribution in [3.8, 4) is 11.5 Å². The Labute approximate surface area is 162 Å². The number of benzene rings is 4. The number of hydrogen-bond donors (Lipinski definition) is 0. The van der Waals surface area contributed by atoms with Crippen LogP contribution in [0.3, 0.4) is 0 Å². The molecule has 0 unspecified atom stereocenters. The van der Waals surface area contributed by atoms with Crippen molar-refractivity contribution in [2.75, 3.05) is 6.79 Å². The minimum absolute atomic E-state index is 0.133. The summed E-state index contributed by atoms with van der Waals surface area (Å²) in [5.41, 5.74) is 0. The molecule has 4 aromatic carbocycles. The van der Waals surface area contributed by atoms with Gasteiger partial charge in [0, 0.05) is 0 Å². The van der Waals surface area contributed by atoms with E-state index in [1.54, 1.807) is 0 Å². The van der Waals surface area contributed by atoms with Crippen LogP contribution in [0.25, 0.3) is 21.5 Å². The fraction of sp³-hybridized carbons (Fsp3) is 0.0476. The molecule has 0 aliphatic heterocycles. The third kappa shape index (κ3) is 3.24. The topological polar surface area (TPSA) is 18.5 Å². The molecule has 0 spiro atoms. The van der Waals surface area contributed by atoms with E-state index in [2.05, 4.69) is 56.1 Å². The Morgan fingerprint density at radius 1 is 0.560 bits per heavy atom. The highest BCUT2D eigenvalue weighted by Gasteiger charge is 2.08. The van der Waals surface area contributed by atoms with E-state index >= 15 is 0 Å². The Kier molecular flexibility index (Phi) is 4.64. The van der Waals surface area contributed by atoms with Crippen molar-refractivity contribution in [2.24, 2.45) is 0 Å². The molecular weight excluding hydrogens is 444 g/mol. The molecular formula is C21H14Br2O2. The fourth-order valence-electron chi connectivity index (χ4n) is 2.81. The van der Waals surface area contributed by atoms with E-state index in [4.69, 9.17) is 9.47 Å². The molecule has 0 aliphatic rings. The van der Waals surface area contributed by atoms with Crippen LogP contribution >= 0.6 is 31.9 Å². The molecule has 0 saturated carbocycles. The van der Waals surface area contributed by atoms with Crippen LogP contribution in [-0.2, 0) is 0 Å². The largest absolute Gasteiger partial charge is 0.456 e. The van der Waals surface area contributed by atoms with Crippen LogP contribution in [0.2, 0.25) is 0 Å². The van der Waals surface area contributed by atoms with E-state index in [1.165, 1.54) is 10.8 Å². The number of ether oxygens (including phenoxy) is 2. The zero-order valence-electron chi connectivity index (χ0n) is 13.2. The third-order valence-corrected chi connectivity index (χ3v) is 5.72. The lowest BCUT2D eigenvalue weighted by molar-refractivity contribution is 0.118. The summed E-state index contributed by atoms with van der Waals surface area (Å²) in [6, 6.07) is 24.3. The van der Waals surface area contributed by atoms with Crippen molar-refractivity contribution in [1.82, 2.24) is 0 Å². The van der Waals surface area contributed by atoms with Gasteiger partial charge in [0.1, 0.15) is 11.5 Å². The van der Waals surface area contributed by atoms with Crippen molar-refractivity contribution in [2.45, 2.75) is 0 Å². The summed E-state index contributed by atoms with van der Waals surface area (Å²) in [4.78, 5) is 0. The summed E-state index contributed by atoms with van der Waals surface area (Å²) in [5.74, 6) is 1.52. The molecule has 4 heteroatoms. The lowest BCUT2D eigenvalue weighted by atomic mass is 10.1. The first-order chi connectivity index (χ1) is 12.2. The molecule has 0 bridgehead atoms. The smallest absolute Gasteiger partial charge is 0.231 e. The van der Waals surface area contributed by atoms with Crippen LogP contribution < -0.4 is 9.47 Å². The summed E-state index contributed by atoms with van der Waals surface area (Å²) >= 11 is 7.25. The van der Waals surface area contributed by atoms with Crippen molar-refractivity contribution >= 4 is 53.4 Å². The molecule has 0 fully saturated rings. The van der Waals surface area contributed by atoms with E-state index in [-0.39, 0.29) is 6.79 Å². The van der Waals surface area contributed by atoms with Crippen molar-refractivity contribution in [3.63, 3.8) is 0 Å². The van der Waals surface area contributed by atoms with Gasteiger partial charge in [0.2, 0.25) is 6.79 Å². The highest BCUT2D eigenvalue weighted by molar-refractivity contribution is 9.11. The molecule has 0 heterocycles. The van der Waals surface area contributed by atoms with Gasteiger partial charge in [-0.2, -0.15) is 0 Å². The van der Waals surface area contributed by atoms with Gasteiger partial charge in [0.15, 0.2) is 0 Å². The maximum atomic E-state index is 5.83. The summed E-state index contributed by atoms with van der Waals surface area (Å²) in [5, 5.41) is 4.57. The zero-order valence-corrected chi connectivity index (χ0v) is 16.4. The summed E-state index contributed by atoms with van der Waals surface area (Å²) in [7, 11) is 0. The predicted octanol–water partition coefficient (Wildman–Crippen LogP) is 6.93. The number of rotatable bonds is 4. The average molecular weight is 458 g/mol. The van der Waals surface area contributed by atoms with Crippen LogP contribution in [0.4, 0.5) is 0 Å². The fourth-order valence-corrected chi connectivity index (χ4v) is 4.02. The van der Waals surface area contributed by atoms with E-state index in [0.29, 0.717) is 0 Å². The van der Waals surface area contributed by atoms with Gasteiger partial charge in [0.05, 0.1) is 8.95 Å².